The molecule has 6 heteroatoms. The second kappa shape index (κ2) is 6.95. The number of hydrogen-bond donors (Lipinski definition) is 2. The van der Waals surface area contributed by atoms with Crippen LogP contribution in [0.25, 0.3) is 5.57 Å². The molecule has 0 aliphatic rings. The SMILES string of the molecule is CNC(=O)/C(=C\NCc1ccc(Cl)cc1)c1ncc(C)o1. The molecule has 0 aliphatic carbocycles. The summed E-state index contributed by atoms with van der Waals surface area (Å²) >= 11 is 5.83. The summed E-state index contributed by atoms with van der Waals surface area (Å²) in [5, 5.41) is 6.33. The molecule has 21 heavy (non-hydrogen) atoms. The van der Waals surface area contributed by atoms with Crippen LogP contribution in [0.4, 0.5) is 0 Å². The first-order valence-electron chi connectivity index (χ1n) is 6.43. The van der Waals surface area contributed by atoms with E-state index in [1.54, 1.807) is 26.4 Å². The number of benzene rings is 1. The number of rotatable bonds is 5. The number of oxazole rings is 1. The molecule has 0 unspecified atom stereocenters. The fourth-order valence-electron chi connectivity index (χ4n) is 1.71. The van der Waals surface area contributed by atoms with Crippen molar-refractivity contribution in [2.45, 2.75) is 13.5 Å². The van der Waals surface area contributed by atoms with Crippen LogP contribution in [-0.2, 0) is 11.3 Å². The van der Waals surface area contributed by atoms with Crippen LogP contribution in [0, 0.1) is 6.92 Å². The first-order valence-corrected chi connectivity index (χ1v) is 6.81. The molecule has 1 aromatic heterocycles. The highest BCUT2D eigenvalue weighted by molar-refractivity contribution is 6.30. The number of halogens is 1. The molecule has 1 aromatic carbocycles. The zero-order valence-corrected chi connectivity index (χ0v) is 12.6. The Labute approximate surface area is 128 Å². The minimum absolute atomic E-state index is 0.263. The summed E-state index contributed by atoms with van der Waals surface area (Å²) < 4.78 is 5.39. The Morgan fingerprint density at radius 3 is 2.67 bits per heavy atom. The number of carbonyl (C=O) groups excluding carboxylic acids is 1. The van der Waals surface area contributed by atoms with E-state index in [2.05, 4.69) is 15.6 Å². The van der Waals surface area contributed by atoms with Crippen molar-refractivity contribution in [3.8, 4) is 0 Å². The Morgan fingerprint density at radius 1 is 1.38 bits per heavy atom. The topological polar surface area (TPSA) is 67.2 Å². The molecule has 0 spiro atoms. The van der Waals surface area contributed by atoms with Gasteiger partial charge in [0.05, 0.1) is 6.20 Å². The fraction of sp³-hybridized carbons (Fsp3) is 0.200. The van der Waals surface area contributed by atoms with E-state index >= 15 is 0 Å². The molecule has 0 radical (unpaired) electrons. The predicted molar refractivity (Wildman–Crippen MR) is 81.6 cm³/mol. The molecular formula is C15H16ClN3O2. The van der Waals surface area contributed by atoms with Gasteiger partial charge in [0.15, 0.2) is 0 Å². The lowest BCUT2D eigenvalue weighted by Crippen LogP contribution is -2.21. The standard InChI is InChI=1S/C15H16ClN3O2/c1-10-7-19-15(21-10)13(14(20)17-2)9-18-8-11-3-5-12(16)6-4-11/h3-7,9,18H,8H2,1-2H3,(H,17,20)/b13-9+. The van der Waals surface area contributed by atoms with Gasteiger partial charge in [-0.15, -0.1) is 0 Å². The van der Waals surface area contributed by atoms with Gasteiger partial charge in [-0.05, 0) is 24.6 Å². The minimum atomic E-state index is -0.263. The minimum Gasteiger partial charge on any atom is -0.441 e. The Kier molecular flexibility index (Phi) is 5.00. The molecule has 2 rings (SSSR count). The zero-order valence-electron chi connectivity index (χ0n) is 11.8. The molecule has 0 bridgehead atoms. The first kappa shape index (κ1) is 15.1. The Morgan fingerprint density at radius 2 is 2.10 bits per heavy atom. The number of carbonyl (C=O) groups is 1. The average molecular weight is 306 g/mol. The Hall–Kier alpha value is -2.27. The molecular weight excluding hydrogens is 290 g/mol. The number of nitrogens with zero attached hydrogens (tertiary/aromatic N) is 1. The highest BCUT2D eigenvalue weighted by Gasteiger charge is 2.15. The molecule has 0 fully saturated rings. The Balaban J connectivity index is 2.10. The van der Waals surface area contributed by atoms with Gasteiger partial charge >= 0.3 is 0 Å². The van der Waals surface area contributed by atoms with Crippen molar-refractivity contribution < 1.29 is 9.21 Å². The van der Waals surface area contributed by atoms with E-state index in [-0.39, 0.29) is 11.8 Å². The van der Waals surface area contributed by atoms with Crippen LogP contribution in [0.1, 0.15) is 17.2 Å². The zero-order chi connectivity index (χ0) is 15.2. The quantitative estimate of drug-likeness (QED) is 0.833. The molecule has 0 atom stereocenters. The van der Waals surface area contributed by atoms with Crippen LogP contribution >= 0.6 is 11.6 Å². The van der Waals surface area contributed by atoms with Crippen LogP contribution < -0.4 is 10.6 Å². The molecule has 2 aromatic rings. The van der Waals surface area contributed by atoms with Gasteiger partial charge in [0.1, 0.15) is 11.3 Å². The maximum absolute atomic E-state index is 11.9. The highest BCUT2D eigenvalue weighted by atomic mass is 35.5. The largest absolute Gasteiger partial charge is 0.441 e. The van der Waals surface area contributed by atoms with Crippen molar-refractivity contribution in [3.05, 3.63) is 58.9 Å². The lowest BCUT2D eigenvalue weighted by atomic mass is 10.2. The third-order valence-corrected chi connectivity index (χ3v) is 3.04. The number of amides is 1. The lowest BCUT2D eigenvalue weighted by molar-refractivity contribution is -0.115. The van der Waals surface area contributed by atoms with Crippen molar-refractivity contribution in [2.75, 3.05) is 7.05 Å². The van der Waals surface area contributed by atoms with Gasteiger partial charge in [-0.25, -0.2) is 4.98 Å². The molecule has 0 aliphatic heterocycles. The van der Waals surface area contributed by atoms with Gasteiger partial charge in [-0.3, -0.25) is 4.79 Å². The van der Waals surface area contributed by atoms with Crippen molar-refractivity contribution in [3.63, 3.8) is 0 Å². The van der Waals surface area contributed by atoms with Crippen molar-refractivity contribution >= 4 is 23.1 Å². The van der Waals surface area contributed by atoms with Crippen LogP contribution in [0.2, 0.25) is 5.02 Å². The van der Waals surface area contributed by atoms with E-state index in [0.717, 1.165) is 5.56 Å². The molecule has 1 heterocycles. The van der Waals surface area contributed by atoms with Crippen LogP contribution in [0.15, 0.2) is 41.1 Å². The summed E-state index contributed by atoms with van der Waals surface area (Å²) in [5.74, 6) is 0.674. The van der Waals surface area contributed by atoms with Gasteiger partial charge in [-0.2, -0.15) is 0 Å². The van der Waals surface area contributed by atoms with Crippen LogP contribution in [0.5, 0.6) is 0 Å². The van der Waals surface area contributed by atoms with E-state index in [1.165, 1.54) is 0 Å². The van der Waals surface area contributed by atoms with Gasteiger partial charge in [0.2, 0.25) is 5.89 Å². The number of aryl methyl sites for hydroxylation is 1. The first-order chi connectivity index (χ1) is 10.1. The summed E-state index contributed by atoms with van der Waals surface area (Å²) in [6, 6.07) is 7.47. The van der Waals surface area contributed by atoms with Crippen molar-refractivity contribution in [1.29, 1.82) is 0 Å². The fourth-order valence-corrected chi connectivity index (χ4v) is 1.84. The number of nitrogens with one attached hydrogen (secondary N) is 2. The van der Waals surface area contributed by atoms with Crippen molar-refractivity contribution in [2.24, 2.45) is 0 Å². The summed E-state index contributed by atoms with van der Waals surface area (Å²) in [4.78, 5) is 15.9. The molecule has 110 valence electrons. The second-order valence-corrected chi connectivity index (χ2v) is 4.86. The van der Waals surface area contributed by atoms with Gasteiger partial charge in [0, 0.05) is 24.8 Å². The van der Waals surface area contributed by atoms with Gasteiger partial charge < -0.3 is 15.1 Å². The molecule has 5 nitrogen and oxygen atoms in total. The Bertz CT molecular complexity index is 647. The van der Waals surface area contributed by atoms with Crippen LogP contribution in [-0.4, -0.2) is 17.9 Å². The average Bonchev–Trinajstić information content (AvgIpc) is 2.91. The van der Waals surface area contributed by atoms with E-state index in [9.17, 15) is 4.79 Å². The van der Waals surface area contributed by atoms with Gasteiger partial charge in [-0.1, -0.05) is 23.7 Å². The number of hydrogen-bond acceptors (Lipinski definition) is 4. The number of likely N-dealkylation sites (N-methyl/N-ethyl adjacent to an activating group) is 1. The molecule has 2 N–H and O–H groups in total. The highest BCUT2D eigenvalue weighted by Crippen LogP contribution is 2.14. The molecule has 0 saturated heterocycles. The smallest absolute Gasteiger partial charge is 0.258 e. The third-order valence-electron chi connectivity index (χ3n) is 2.79. The number of aromatic nitrogens is 1. The lowest BCUT2D eigenvalue weighted by Gasteiger charge is -2.05. The van der Waals surface area contributed by atoms with E-state index in [1.807, 2.05) is 24.3 Å². The maximum Gasteiger partial charge on any atom is 0.258 e. The summed E-state index contributed by atoms with van der Waals surface area (Å²) in [5.41, 5.74) is 1.40. The summed E-state index contributed by atoms with van der Waals surface area (Å²) in [6.07, 6.45) is 3.17. The summed E-state index contributed by atoms with van der Waals surface area (Å²) in [6.45, 7) is 2.34. The summed E-state index contributed by atoms with van der Waals surface area (Å²) in [7, 11) is 1.56. The van der Waals surface area contributed by atoms with E-state index < -0.39 is 0 Å². The monoisotopic (exact) mass is 305 g/mol. The van der Waals surface area contributed by atoms with Crippen LogP contribution in [0.3, 0.4) is 0 Å². The third kappa shape index (κ3) is 4.10. The molecule has 0 saturated carbocycles. The predicted octanol–water partition coefficient (Wildman–Crippen LogP) is 2.51. The molecule has 1 amide bonds. The maximum atomic E-state index is 11.9. The van der Waals surface area contributed by atoms with E-state index in [0.29, 0.717) is 22.9 Å². The van der Waals surface area contributed by atoms with Gasteiger partial charge in [0.25, 0.3) is 5.91 Å². The second-order valence-electron chi connectivity index (χ2n) is 4.42. The van der Waals surface area contributed by atoms with Crippen molar-refractivity contribution in [1.82, 2.24) is 15.6 Å². The normalized spacial score (nSPS) is 11.3. The van der Waals surface area contributed by atoms with E-state index in [4.69, 9.17) is 16.0 Å².